The van der Waals surface area contributed by atoms with E-state index in [0.29, 0.717) is 10.6 Å². The summed E-state index contributed by atoms with van der Waals surface area (Å²) in [4.78, 5) is 11.2. The summed E-state index contributed by atoms with van der Waals surface area (Å²) in [5, 5.41) is 9.48. The standard InChI is InChI=1S/C10H11ClO3/c1-6(10(13)14-2)8-4-3-7(12)5-9(8)11/h3-6,12H,1-2H3. The Hall–Kier alpha value is -1.22. The topological polar surface area (TPSA) is 46.5 Å². The van der Waals surface area contributed by atoms with Crippen molar-refractivity contribution in [3.8, 4) is 5.75 Å². The fraction of sp³-hybridized carbons (Fsp3) is 0.300. The van der Waals surface area contributed by atoms with Gasteiger partial charge in [0.15, 0.2) is 0 Å². The second-order valence-corrected chi connectivity index (χ2v) is 3.36. The van der Waals surface area contributed by atoms with Gasteiger partial charge in [-0.05, 0) is 24.6 Å². The zero-order chi connectivity index (χ0) is 10.7. The summed E-state index contributed by atoms with van der Waals surface area (Å²) in [7, 11) is 1.33. The molecule has 0 fully saturated rings. The van der Waals surface area contributed by atoms with Crippen LogP contribution in [0.5, 0.6) is 5.75 Å². The third-order valence-corrected chi connectivity index (χ3v) is 2.33. The maximum absolute atomic E-state index is 11.2. The Bertz CT molecular complexity index is 349. The van der Waals surface area contributed by atoms with Crippen LogP contribution in [-0.2, 0) is 9.53 Å². The van der Waals surface area contributed by atoms with E-state index in [1.807, 2.05) is 0 Å². The largest absolute Gasteiger partial charge is 0.508 e. The molecule has 1 N–H and O–H groups in total. The van der Waals surface area contributed by atoms with E-state index < -0.39 is 5.92 Å². The fourth-order valence-corrected chi connectivity index (χ4v) is 1.51. The number of phenols is 1. The molecule has 0 saturated carbocycles. The first-order valence-corrected chi connectivity index (χ1v) is 4.50. The number of hydrogen-bond donors (Lipinski definition) is 1. The molecule has 4 heteroatoms. The summed E-state index contributed by atoms with van der Waals surface area (Å²) in [6.07, 6.45) is 0. The van der Waals surface area contributed by atoms with Gasteiger partial charge in [0.1, 0.15) is 5.75 Å². The first kappa shape index (κ1) is 10.9. The third-order valence-electron chi connectivity index (χ3n) is 2.01. The predicted octanol–water partition coefficient (Wildman–Crippen LogP) is 2.32. The lowest BCUT2D eigenvalue weighted by atomic mass is 10.0. The highest BCUT2D eigenvalue weighted by Gasteiger charge is 2.18. The van der Waals surface area contributed by atoms with Crippen LogP contribution in [0.1, 0.15) is 18.4 Å². The van der Waals surface area contributed by atoms with Crippen LogP contribution in [0.4, 0.5) is 0 Å². The van der Waals surface area contributed by atoms with Crippen molar-refractivity contribution in [2.24, 2.45) is 0 Å². The maximum Gasteiger partial charge on any atom is 0.312 e. The van der Waals surface area contributed by atoms with Crippen molar-refractivity contribution >= 4 is 17.6 Å². The number of rotatable bonds is 2. The molecular formula is C10H11ClO3. The molecule has 1 rings (SSSR count). The minimum Gasteiger partial charge on any atom is -0.508 e. The normalized spacial score (nSPS) is 12.2. The van der Waals surface area contributed by atoms with Crippen LogP contribution in [-0.4, -0.2) is 18.2 Å². The lowest BCUT2D eigenvalue weighted by Gasteiger charge is -2.11. The number of carbonyl (C=O) groups is 1. The van der Waals surface area contributed by atoms with Gasteiger partial charge in [-0.1, -0.05) is 17.7 Å². The number of phenolic OH excluding ortho intramolecular Hbond substituents is 1. The molecule has 1 aromatic carbocycles. The highest BCUT2D eigenvalue weighted by atomic mass is 35.5. The smallest absolute Gasteiger partial charge is 0.312 e. The van der Waals surface area contributed by atoms with Crippen molar-refractivity contribution in [1.29, 1.82) is 0 Å². The number of methoxy groups -OCH3 is 1. The summed E-state index contributed by atoms with van der Waals surface area (Å²) in [5.41, 5.74) is 0.649. The molecule has 1 aromatic rings. The van der Waals surface area contributed by atoms with Gasteiger partial charge < -0.3 is 9.84 Å². The molecule has 0 bridgehead atoms. The molecule has 0 saturated heterocycles. The number of carbonyl (C=O) groups excluding carboxylic acids is 1. The van der Waals surface area contributed by atoms with Crippen LogP contribution in [0.25, 0.3) is 0 Å². The summed E-state index contributed by atoms with van der Waals surface area (Å²) >= 11 is 5.86. The van der Waals surface area contributed by atoms with E-state index in [1.165, 1.54) is 19.2 Å². The number of halogens is 1. The van der Waals surface area contributed by atoms with Gasteiger partial charge in [-0.25, -0.2) is 0 Å². The number of hydrogen-bond acceptors (Lipinski definition) is 3. The molecular weight excluding hydrogens is 204 g/mol. The lowest BCUT2D eigenvalue weighted by Crippen LogP contribution is -2.11. The first-order valence-electron chi connectivity index (χ1n) is 4.12. The molecule has 0 aliphatic carbocycles. The molecule has 0 heterocycles. The van der Waals surface area contributed by atoms with E-state index in [0.717, 1.165) is 0 Å². The van der Waals surface area contributed by atoms with E-state index in [9.17, 15) is 4.79 Å². The van der Waals surface area contributed by atoms with Gasteiger partial charge in [-0.2, -0.15) is 0 Å². The van der Waals surface area contributed by atoms with Crippen molar-refractivity contribution in [1.82, 2.24) is 0 Å². The van der Waals surface area contributed by atoms with Gasteiger partial charge in [0.2, 0.25) is 0 Å². The minimum atomic E-state index is -0.423. The highest BCUT2D eigenvalue weighted by molar-refractivity contribution is 6.31. The minimum absolute atomic E-state index is 0.0795. The van der Waals surface area contributed by atoms with Crippen LogP contribution in [0.15, 0.2) is 18.2 Å². The summed E-state index contributed by atoms with van der Waals surface area (Å²) in [6, 6.07) is 4.50. The molecule has 0 spiro atoms. The lowest BCUT2D eigenvalue weighted by molar-refractivity contribution is -0.141. The highest BCUT2D eigenvalue weighted by Crippen LogP contribution is 2.28. The van der Waals surface area contributed by atoms with E-state index in [4.69, 9.17) is 16.7 Å². The number of ether oxygens (including phenoxy) is 1. The van der Waals surface area contributed by atoms with E-state index in [2.05, 4.69) is 4.74 Å². The van der Waals surface area contributed by atoms with Crippen LogP contribution in [0, 0.1) is 0 Å². The van der Waals surface area contributed by atoms with Gasteiger partial charge >= 0.3 is 5.97 Å². The molecule has 76 valence electrons. The Labute approximate surface area is 87.3 Å². The Kier molecular flexibility index (Phi) is 3.36. The molecule has 14 heavy (non-hydrogen) atoms. The van der Waals surface area contributed by atoms with E-state index in [-0.39, 0.29) is 11.7 Å². The quantitative estimate of drug-likeness (QED) is 0.769. The van der Waals surface area contributed by atoms with Crippen LogP contribution in [0.2, 0.25) is 5.02 Å². The summed E-state index contributed by atoms with van der Waals surface area (Å²) < 4.78 is 4.59. The average molecular weight is 215 g/mol. The number of esters is 1. The zero-order valence-electron chi connectivity index (χ0n) is 7.95. The SMILES string of the molecule is COC(=O)C(C)c1ccc(O)cc1Cl. The molecule has 1 atom stereocenters. The fourth-order valence-electron chi connectivity index (χ4n) is 1.17. The average Bonchev–Trinajstić information content (AvgIpc) is 2.15. The van der Waals surface area contributed by atoms with Gasteiger partial charge in [-0.15, -0.1) is 0 Å². The van der Waals surface area contributed by atoms with Gasteiger partial charge in [0.05, 0.1) is 13.0 Å². The Morgan fingerprint density at radius 3 is 2.71 bits per heavy atom. The van der Waals surface area contributed by atoms with Crippen molar-refractivity contribution in [3.63, 3.8) is 0 Å². The predicted molar refractivity (Wildman–Crippen MR) is 53.5 cm³/mol. The van der Waals surface area contributed by atoms with E-state index in [1.54, 1.807) is 13.0 Å². The van der Waals surface area contributed by atoms with E-state index >= 15 is 0 Å². The molecule has 0 aliphatic rings. The van der Waals surface area contributed by atoms with Gasteiger partial charge in [-0.3, -0.25) is 4.79 Å². The summed E-state index contributed by atoms with van der Waals surface area (Å²) in [5.74, 6) is -0.693. The zero-order valence-corrected chi connectivity index (χ0v) is 8.71. The Balaban J connectivity index is 3.01. The van der Waals surface area contributed by atoms with Crippen LogP contribution < -0.4 is 0 Å². The molecule has 0 aromatic heterocycles. The second kappa shape index (κ2) is 4.33. The second-order valence-electron chi connectivity index (χ2n) is 2.95. The Morgan fingerprint density at radius 1 is 1.57 bits per heavy atom. The summed E-state index contributed by atoms with van der Waals surface area (Å²) in [6.45, 7) is 1.70. The van der Waals surface area contributed by atoms with Crippen molar-refractivity contribution in [3.05, 3.63) is 28.8 Å². The maximum atomic E-state index is 11.2. The van der Waals surface area contributed by atoms with Gasteiger partial charge in [0, 0.05) is 5.02 Å². The molecule has 0 radical (unpaired) electrons. The van der Waals surface area contributed by atoms with Crippen molar-refractivity contribution in [2.75, 3.05) is 7.11 Å². The Morgan fingerprint density at radius 2 is 2.21 bits per heavy atom. The third kappa shape index (κ3) is 2.17. The monoisotopic (exact) mass is 214 g/mol. The number of benzene rings is 1. The molecule has 1 unspecified atom stereocenters. The molecule has 3 nitrogen and oxygen atoms in total. The molecule has 0 amide bonds. The van der Waals surface area contributed by atoms with Crippen molar-refractivity contribution in [2.45, 2.75) is 12.8 Å². The van der Waals surface area contributed by atoms with Crippen molar-refractivity contribution < 1.29 is 14.6 Å². The first-order chi connectivity index (χ1) is 6.56. The molecule has 0 aliphatic heterocycles. The van der Waals surface area contributed by atoms with Crippen LogP contribution >= 0.6 is 11.6 Å². The van der Waals surface area contributed by atoms with Gasteiger partial charge in [0.25, 0.3) is 0 Å². The van der Waals surface area contributed by atoms with Crippen LogP contribution in [0.3, 0.4) is 0 Å². The number of aromatic hydroxyl groups is 1.